The molecule has 1 amide bonds. The number of carbonyl (C=O) groups is 1. The number of ether oxygens (including phenoxy) is 1. The van der Waals surface area contributed by atoms with Crippen LogP contribution in [-0.4, -0.2) is 74.3 Å². The molecule has 1 fully saturated rings. The Balaban J connectivity index is 2.87. The van der Waals surface area contributed by atoms with Crippen LogP contribution < -0.4 is 5.32 Å². The van der Waals surface area contributed by atoms with Gasteiger partial charge in [0.25, 0.3) is 0 Å². The van der Waals surface area contributed by atoms with E-state index in [1.165, 1.54) is 13.8 Å². The van der Waals surface area contributed by atoms with E-state index in [2.05, 4.69) is 5.32 Å². The fraction of sp³-hybridized carbons (Fsp3) is 0.900. The van der Waals surface area contributed by atoms with Crippen LogP contribution >= 0.6 is 0 Å². The normalized spacial score (nSPS) is 40.1. The number of amides is 1. The summed E-state index contributed by atoms with van der Waals surface area (Å²) in [6, 6.07) is -1.02. The van der Waals surface area contributed by atoms with Crippen molar-refractivity contribution < 1.29 is 35.1 Å². The molecule has 1 saturated heterocycles. The van der Waals surface area contributed by atoms with Crippen molar-refractivity contribution in [3.63, 3.8) is 0 Å². The molecule has 1 rings (SSSR count). The van der Waals surface area contributed by atoms with Crippen LogP contribution in [0, 0.1) is 0 Å². The van der Waals surface area contributed by atoms with Crippen molar-refractivity contribution in [2.24, 2.45) is 0 Å². The van der Waals surface area contributed by atoms with Crippen molar-refractivity contribution in [3.8, 4) is 0 Å². The molecule has 106 valence electrons. The summed E-state index contributed by atoms with van der Waals surface area (Å²) in [6.45, 7) is 2.58. The Kier molecular flexibility index (Phi) is 5.02. The second-order valence-corrected chi connectivity index (χ2v) is 4.43. The van der Waals surface area contributed by atoms with Gasteiger partial charge in [-0.05, 0) is 6.92 Å². The summed E-state index contributed by atoms with van der Waals surface area (Å²) >= 11 is 0. The van der Waals surface area contributed by atoms with Crippen LogP contribution in [0.1, 0.15) is 13.8 Å². The fourth-order valence-corrected chi connectivity index (χ4v) is 1.90. The quantitative estimate of drug-likeness (QED) is 0.314. The van der Waals surface area contributed by atoms with E-state index in [-0.39, 0.29) is 0 Å². The Morgan fingerprint density at radius 1 is 1.17 bits per heavy atom. The third-order valence-electron chi connectivity index (χ3n) is 2.87. The monoisotopic (exact) mass is 265 g/mol. The van der Waals surface area contributed by atoms with Gasteiger partial charge < -0.3 is 35.6 Å². The van der Waals surface area contributed by atoms with E-state index >= 15 is 0 Å². The molecule has 0 aromatic heterocycles. The number of rotatable bonds is 3. The van der Waals surface area contributed by atoms with Gasteiger partial charge in [-0.2, -0.15) is 0 Å². The van der Waals surface area contributed by atoms with E-state index < -0.39 is 48.8 Å². The maximum atomic E-state index is 11.0. The molecule has 1 heterocycles. The van der Waals surface area contributed by atoms with E-state index in [9.17, 15) is 30.3 Å². The second kappa shape index (κ2) is 5.91. The lowest BCUT2D eigenvalue weighted by Crippen LogP contribution is -2.65. The molecule has 0 aromatic rings. The van der Waals surface area contributed by atoms with Crippen LogP contribution in [0.2, 0.25) is 0 Å². The first-order chi connectivity index (χ1) is 8.25. The molecule has 6 N–H and O–H groups in total. The van der Waals surface area contributed by atoms with Gasteiger partial charge in [0.2, 0.25) is 5.91 Å². The molecule has 1 aliphatic rings. The lowest BCUT2D eigenvalue weighted by molar-refractivity contribution is -0.289. The third kappa shape index (κ3) is 3.16. The molecule has 1 aliphatic heterocycles. The molecular formula is C10H19NO7. The van der Waals surface area contributed by atoms with E-state index in [0.29, 0.717) is 0 Å². The smallest absolute Gasteiger partial charge is 0.217 e. The summed E-state index contributed by atoms with van der Waals surface area (Å²) in [5.41, 5.74) is 0. The Hall–Kier alpha value is -0.770. The molecule has 0 radical (unpaired) electrons. The summed E-state index contributed by atoms with van der Waals surface area (Å²) in [6.07, 6.45) is -8.85. The number of hydrogen-bond donors (Lipinski definition) is 6. The highest BCUT2D eigenvalue weighted by atomic mass is 16.6. The average molecular weight is 265 g/mol. The molecule has 7 atom stereocenters. The van der Waals surface area contributed by atoms with Gasteiger partial charge in [0, 0.05) is 6.92 Å². The SMILES string of the molecule is CC(=O)N[C@H]([C@H]1O[C@H](O)[C@H](O)[C@@H](O)[C@H]1O)[C@@H](C)O. The Morgan fingerprint density at radius 2 is 1.72 bits per heavy atom. The van der Waals surface area contributed by atoms with Crippen LogP contribution in [0.5, 0.6) is 0 Å². The Morgan fingerprint density at radius 3 is 2.17 bits per heavy atom. The van der Waals surface area contributed by atoms with Gasteiger partial charge in [-0.3, -0.25) is 4.79 Å². The molecule has 0 unspecified atom stereocenters. The minimum atomic E-state index is -1.71. The zero-order valence-corrected chi connectivity index (χ0v) is 10.1. The molecule has 8 nitrogen and oxygen atoms in total. The van der Waals surface area contributed by atoms with Gasteiger partial charge in [-0.25, -0.2) is 0 Å². The molecule has 0 spiro atoms. The van der Waals surface area contributed by atoms with E-state index in [1.54, 1.807) is 0 Å². The first-order valence-electron chi connectivity index (χ1n) is 5.58. The topological polar surface area (TPSA) is 139 Å². The number of aliphatic hydroxyl groups is 5. The largest absolute Gasteiger partial charge is 0.391 e. The maximum absolute atomic E-state index is 11.0. The first-order valence-corrected chi connectivity index (χ1v) is 5.58. The van der Waals surface area contributed by atoms with Crippen molar-refractivity contribution in [3.05, 3.63) is 0 Å². The lowest BCUT2D eigenvalue weighted by Gasteiger charge is -2.42. The highest BCUT2D eigenvalue weighted by Gasteiger charge is 2.47. The van der Waals surface area contributed by atoms with Crippen molar-refractivity contribution in [1.82, 2.24) is 5.32 Å². The van der Waals surface area contributed by atoms with Gasteiger partial charge in [-0.1, -0.05) is 0 Å². The van der Waals surface area contributed by atoms with Gasteiger partial charge in [0.1, 0.15) is 24.4 Å². The number of aliphatic hydroxyl groups excluding tert-OH is 5. The Bertz CT molecular complexity index is 298. The summed E-state index contributed by atoms with van der Waals surface area (Å²) in [4.78, 5) is 11.0. The summed E-state index contributed by atoms with van der Waals surface area (Å²) in [5, 5.41) is 49.8. The summed E-state index contributed by atoms with van der Waals surface area (Å²) in [5.74, 6) is -0.466. The third-order valence-corrected chi connectivity index (χ3v) is 2.87. The van der Waals surface area contributed by atoms with Crippen molar-refractivity contribution in [2.75, 3.05) is 0 Å². The van der Waals surface area contributed by atoms with Crippen molar-refractivity contribution in [1.29, 1.82) is 0 Å². The van der Waals surface area contributed by atoms with Crippen LogP contribution in [0.4, 0.5) is 0 Å². The summed E-state index contributed by atoms with van der Waals surface area (Å²) < 4.78 is 4.93. The standard InChI is InChI=1S/C10H19NO7/c1-3(12)5(11-4(2)13)9-7(15)6(14)8(16)10(17)18-9/h3,5-10,12,14-17H,1-2H3,(H,11,13)/t3-,5+,6+,7-,8-,9-,10+/m1/s1. The zero-order valence-electron chi connectivity index (χ0n) is 10.1. The molecular weight excluding hydrogens is 246 g/mol. The van der Waals surface area contributed by atoms with Gasteiger partial charge in [0.15, 0.2) is 6.29 Å². The van der Waals surface area contributed by atoms with Crippen LogP contribution in [0.15, 0.2) is 0 Å². The van der Waals surface area contributed by atoms with Gasteiger partial charge in [0.05, 0.1) is 12.1 Å². The summed E-state index contributed by atoms with van der Waals surface area (Å²) in [7, 11) is 0. The number of nitrogens with one attached hydrogen (secondary N) is 1. The maximum Gasteiger partial charge on any atom is 0.217 e. The van der Waals surface area contributed by atoms with E-state index in [1.807, 2.05) is 0 Å². The molecule has 0 bridgehead atoms. The molecule has 18 heavy (non-hydrogen) atoms. The fourth-order valence-electron chi connectivity index (χ4n) is 1.90. The van der Waals surface area contributed by atoms with Crippen molar-refractivity contribution in [2.45, 2.75) is 56.7 Å². The first kappa shape index (κ1) is 15.3. The number of hydrogen-bond acceptors (Lipinski definition) is 7. The second-order valence-electron chi connectivity index (χ2n) is 4.43. The molecule has 0 saturated carbocycles. The zero-order chi connectivity index (χ0) is 14.0. The minimum Gasteiger partial charge on any atom is -0.391 e. The lowest BCUT2D eigenvalue weighted by atomic mass is 9.92. The Labute approximate surface area is 104 Å². The van der Waals surface area contributed by atoms with Crippen LogP contribution in [0.3, 0.4) is 0 Å². The van der Waals surface area contributed by atoms with E-state index in [0.717, 1.165) is 0 Å². The molecule has 8 heteroatoms. The average Bonchev–Trinajstić information content (AvgIpc) is 2.28. The predicted molar refractivity (Wildman–Crippen MR) is 58.2 cm³/mol. The molecule has 0 aromatic carbocycles. The minimum absolute atomic E-state index is 0.466. The van der Waals surface area contributed by atoms with Crippen LogP contribution in [0.25, 0.3) is 0 Å². The predicted octanol–water partition coefficient (Wildman–Crippen LogP) is -3.33. The van der Waals surface area contributed by atoms with Gasteiger partial charge in [-0.15, -0.1) is 0 Å². The molecule has 0 aliphatic carbocycles. The highest BCUT2D eigenvalue weighted by molar-refractivity contribution is 5.73. The highest BCUT2D eigenvalue weighted by Crippen LogP contribution is 2.23. The van der Waals surface area contributed by atoms with Crippen LogP contribution in [-0.2, 0) is 9.53 Å². The van der Waals surface area contributed by atoms with E-state index in [4.69, 9.17) is 4.74 Å². The van der Waals surface area contributed by atoms with Crippen molar-refractivity contribution >= 4 is 5.91 Å². The number of carbonyl (C=O) groups excluding carboxylic acids is 1. The van der Waals surface area contributed by atoms with Gasteiger partial charge >= 0.3 is 0 Å².